The van der Waals surface area contributed by atoms with E-state index in [0.29, 0.717) is 6.10 Å². The zero-order valence-electron chi connectivity index (χ0n) is 12.0. The molecule has 1 N–H and O–H groups in total. The summed E-state index contributed by atoms with van der Waals surface area (Å²) in [7, 11) is 4.19. The van der Waals surface area contributed by atoms with Crippen molar-refractivity contribution in [2.24, 2.45) is 0 Å². The number of nitrogens with zero attached hydrogens (tertiary/aromatic N) is 1. The number of hydrogen-bond acceptors (Lipinski definition) is 3. The fourth-order valence-corrected chi connectivity index (χ4v) is 1.25. The molecular formula is C13H30N2O. The van der Waals surface area contributed by atoms with Crippen LogP contribution in [0, 0.1) is 0 Å². The third kappa shape index (κ3) is 7.20. The van der Waals surface area contributed by atoms with Crippen LogP contribution in [-0.4, -0.2) is 50.3 Å². The fraction of sp³-hybridized carbons (Fsp3) is 1.00. The minimum atomic E-state index is 0.121. The summed E-state index contributed by atoms with van der Waals surface area (Å²) < 4.78 is 5.88. The van der Waals surface area contributed by atoms with Crippen LogP contribution in [0.4, 0.5) is 0 Å². The lowest BCUT2D eigenvalue weighted by Crippen LogP contribution is -2.43. The predicted molar refractivity (Wildman–Crippen MR) is 71.0 cm³/mol. The standard InChI is InChI=1S/C13H30N2O/c1-7-14-10-8-9-12(2)16-11-13(3,4)15(5)6/h12,14H,7-11H2,1-6H3. The molecular weight excluding hydrogens is 200 g/mol. The molecule has 0 amide bonds. The molecule has 98 valence electrons. The van der Waals surface area contributed by atoms with Crippen molar-refractivity contribution in [2.75, 3.05) is 33.8 Å². The second-order valence-corrected chi connectivity index (χ2v) is 5.32. The Balaban J connectivity index is 3.60. The van der Waals surface area contributed by atoms with Gasteiger partial charge in [0.15, 0.2) is 0 Å². The molecule has 0 fully saturated rings. The van der Waals surface area contributed by atoms with E-state index in [1.165, 1.54) is 6.42 Å². The van der Waals surface area contributed by atoms with Gasteiger partial charge in [0.25, 0.3) is 0 Å². The second-order valence-electron chi connectivity index (χ2n) is 5.32. The van der Waals surface area contributed by atoms with Crippen LogP contribution in [0.15, 0.2) is 0 Å². The number of ether oxygens (including phenoxy) is 1. The molecule has 1 atom stereocenters. The molecule has 0 heterocycles. The molecule has 0 aliphatic carbocycles. The molecule has 3 nitrogen and oxygen atoms in total. The number of likely N-dealkylation sites (N-methyl/N-ethyl adjacent to an activating group) is 1. The van der Waals surface area contributed by atoms with E-state index >= 15 is 0 Å². The first-order valence-corrected chi connectivity index (χ1v) is 6.40. The predicted octanol–water partition coefficient (Wildman–Crippen LogP) is 2.12. The highest BCUT2D eigenvalue weighted by molar-refractivity contribution is 4.76. The highest BCUT2D eigenvalue weighted by Crippen LogP contribution is 2.12. The van der Waals surface area contributed by atoms with Crippen molar-refractivity contribution >= 4 is 0 Å². The van der Waals surface area contributed by atoms with Crippen molar-refractivity contribution < 1.29 is 4.74 Å². The molecule has 0 saturated heterocycles. The quantitative estimate of drug-likeness (QED) is 0.614. The molecule has 0 radical (unpaired) electrons. The van der Waals surface area contributed by atoms with Crippen molar-refractivity contribution in [2.45, 2.75) is 52.2 Å². The molecule has 0 aromatic heterocycles. The van der Waals surface area contributed by atoms with Gasteiger partial charge in [-0.3, -0.25) is 0 Å². The Morgan fingerprint density at radius 3 is 2.44 bits per heavy atom. The minimum absolute atomic E-state index is 0.121. The maximum Gasteiger partial charge on any atom is 0.0648 e. The van der Waals surface area contributed by atoms with Crippen molar-refractivity contribution in [1.82, 2.24) is 10.2 Å². The topological polar surface area (TPSA) is 24.5 Å². The highest BCUT2D eigenvalue weighted by atomic mass is 16.5. The lowest BCUT2D eigenvalue weighted by Gasteiger charge is -2.33. The van der Waals surface area contributed by atoms with Crippen molar-refractivity contribution in [3.05, 3.63) is 0 Å². The van der Waals surface area contributed by atoms with Gasteiger partial charge in [0.2, 0.25) is 0 Å². The van der Waals surface area contributed by atoms with Gasteiger partial charge in [-0.25, -0.2) is 0 Å². The molecule has 0 spiro atoms. The summed E-state index contributed by atoms with van der Waals surface area (Å²) >= 11 is 0. The van der Waals surface area contributed by atoms with E-state index in [2.05, 4.69) is 52.0 Å². The van der Waals surface area contributed by atoms with E-state index in [9.17, 15) is 0 Å². The van der Waals surface area contributed by atoms with E-state index in [1.54, 1.807) is 0 Å². The number of nitrogens with one attached hydrogen (secondary N) is 1. The van der Waals surface area contributed by atoms with Crippen LogP contribution in [0.2, 0.25) is 0 Å². The molecule has 0 aromatic rings. The normalized spacial score (nSPS) is 14.4. The Hall–Kier alpha value is -0.120. The fourth-order valence-electron chi connectivity index (χ4n) is 1.25. The van der Waals surface area contributed by atoms with Gasteiger partial charge < -0.3 is 15.0 Å². The van der Waals surface area contributed by atoms with Gasteiger partial charge in [0.05, 0.1) is 12.7 Å². The molecule has 16 heavy (non-hydrogen) atoms. The van der Waals surface area contributed by atoms with Gasteiger partial charge in [0.1, 0.15) is 0 Å². The third-order valence-electron chi connectivity index (χ3n) is 3.15. The van der Waals surface area contributed by atoms with E-state index in [4.69, 9.17) is 4.74 Å². The summed E-state index contributed by atoms with van der Waals surface area (Å²) in [6, 6.07) is 0. The monoisotopic (exact) mass is 230 g/mol. The number of rotatable bonds is 9. The van der Waals surface area contributed by atoms with Gasteiger partial charge in [0, 0.05) is 5.54 Å². The highest BCUT2D eigenvalue weighted by Gasteiger charge is 2.21. The summed E-state index contributed by atoms with van der Waals surface area (Å²) in [5.41, 5.74) is 0.121. The van der Waals surface area contributed by atoms with Crippen LogP contribution in [0.3, 0.4) is 0 Å². The largest absolute Gasteiger partial charge is 0.377 e. The zero-order valence-corrected chi connectivity index (χ0v) is 12.0. The molecule has 0 aliphatic rings. The van der Waals surface area contributed by atoms with Crippen molar-refractivity contribution in [3.8, 4) is 0 Å². The van der Waals surface area contributed by atoms with E-state index < -0.39 is 0 Å². The Labute approximate surface area is 102 Å². The maximum atomic E-state index is 5.88. The first-order chi connectivity index (χ1) is 7.40. The lowest BCUT2D eigenvalue weighted by atomic mass is 10.1. The van der Waals surface area contributed by atoms with Gasteiger partial charge in [-0.1, -0.05) is 6.92 Å². The summed E-state index contributed by atoms with van der Waals surface area (Å²) in [6.07, 6.45) is 2.69. The van der Waals surface area contributed by atoms with Crippen LogP contribution in [-0.2, 0) is 4.74 Å². The summed E-state index contributed by atoms with van der Waals surface area (Å²) in [4.78, 5) is 2.21. The van der Waals surface area contributed by atoms with Gasteiger partial charge in [-0.2, -0.15) is 0 Å². The van der Waals surface area contributed by atoms with Gasteiger partial charge in [-0.15, -0.1) is 0 Å². The average molecular weight is 230 g/mol. The Morgan fingerprint density at radius 1 is 1.31 bits per heavy atom. The van der Waals surface area contributed by atoms with E-state index in [-0.39, 0.29) is 5.54 Å². The van der Waals surface area contributed by atoms with Crippen LogP contribution >= 0.6 is 0 Å². The zero-order chi connectivity index (χ0) is 12.6. The molecule has 0 rings (SSSR count). The molecule has 0 aliphatic heterocycles. The smallest absolute Gasteiger partial charge is 0.0648 e. The summed E-state index contributed by atoms with van der Waals surface area (Å²) in [6.45, 7) is 11.7. The molecule has 1 unspecified atom stereocenters. The lowest BCUT2D eigenvalue weighted by molar-refractivity contribution is -0.00741. The molecule has 0 bridgehead atoms. The maximum absolute atomic E-state index is 5.88. The molecule has 3 heteroatoms. The Morgan fingerprint density at radius 2 is 1.94 bits per heavy atom. The SMILES string of the molecule is CCNCCCC(C)OCC(C)(C)N(C)C. The van der Waals surface area contributed by atoms with Gasteiger partial charge >= 0.3 is 0 Å². The van der Waals surface area contributed by atoms with Crippen LogP contribution in [0.25, 0.3) is 0 Å². The average Bonchev–Trinajstić information content (AvgIpc) is 2.21. The van der Waals surface area contributed by atoms with Crippen molar-refractivity contribution in [1.29, 1.82) is 0 Å². The molecule has 0 aromatic carbocycles. The Bertz CT molecular complexity index is 169. The Kier molecular flexibility index (Phi) is 7.98. The first-order valence-electron chi connectivity index (χ1n) is 6.40. The van der Waals surface area contributed by atoms with E-state index in [0.717, 1.165) is 26.1 Å². The van der Waals surface area contributed by atoms with Crippen LogP contribution in [0.1, 0.15) is 40.5 Å². The first kappa shape index (κ1) is 15.9. The summed E-state index contributed by atoms with van der Waals surface area (Å²) in [5, 5.41) is 3.33. The van der Waals surface area contributed by atoms with Gasteiger partial charge in [-0.05, 0) is 60.8 Å². The third-order valence-corrected chi connectivity index (χ3v) is 3.15. The van der Waals surface area contributed by atoms with Crippen LogP contribution < -0.4 is 5.32 Å². The minimum Gasteiger partial charge on any atom is -0.377 e. The summed E-state index contributed by atoms with van der Waals surface area (Å²) in [5.74, 6) is 0. The second kappa shape index (κ2) is 8.04. The van der Waals surface area contributed by atoms with Crippen LogP contribution in [0.5, 0.6) is 0 Å². The number of hydrogen-bond donors (Lipinski definition) is 1. The van der Waals surface area contributed by atoms with E-state index in [1.807, 2.05) is 0 Å². The molecule has 0 saturated carbocycles. The van der Waals surface area contributed by atoms with Crippen molar-refractivity contribution in [3.63, 3.8) is 0 Å².